The quantitative estimate of drug-likeness (QED) is 0.727. The molecule has 0 radical (unpaired) electrons. The molecule has 3 heteroatoms. The fourth-order valence-corrected chi connectivity index (χ4v) is 5.26. The van der Waals surface area contributed by atoms with E-state index in [0.717, 1.165) is 42.2 Å². The maximum Gasteiger partial charge on any atom is 0.261 e. The van der Waals surface area contributed by atoms with Gasteiger partial charge in [-0.3, -0.25) is 14.5 Å². The zero-order valence-corrected chi connectivity index (χ0v) is 14.8. The Bertz CT molecular complexity index is 871. The van der Waals surface area contributed by atoms with Gasteiger partial charge in [0.05, 0.1) is 0 Å². The van der Waals surface area contributed by atoms with Crippen molar-refractivity contribution in [3.8, 4) is 0 Å². The second-order valence-corrected chi connectivity index (χ2v) is 8.11. The lowest BCUT2D eigenvalue weighted by molar-refractivity contribution is 0.0385. The Morgan fingerprint density at radius 2 is 1.44 bits per heavy atom. The van der Waals surface area contributed by atoms with Gasteiger partial charge in [0.25, 0.3) is 11.8 Å². The van der Waals surface area contributed by atoms with E-state index >= 15 is 0 Å². The lowest BCUT2D eigenvalue weighted by Gasteiger charge is -2.42. The molecule has 3 nitrogen and oxygen atoms in total. The molecule has 0 saturated heterocycles. The third kappa shape index (κ3) is 1.92. The topological polar surface area (TPSA) is 37.4 Å². The number of hydrogen-bond acceptors (Lipinski definition) is 2. The van der Waals surface area contributed by atoms with E-state index in [1.165, 1.54) is 22.9 Å². The normalized spacial score (nSPS) is 28.1. The Kier molecular flexibility index (Phi) is 3.13. The van der Waals surface area contributed by atoms with E-state index in [4.69, 9.17) is 0 Å². The molecule has 0 spiro atoms. The molecule has 1 aliphatic heterocycles. The largest absolute Gasteiger partial charge is 0.271 e. The molecule has 0 bridgehead atoms. The third-order valence-electron chi connectivity index (χ3n) is 6.89. The second kappa shape index (κ2) is 5.17. The van der Waals surface area contributed by atoms with Gasteiger partial charge in [0.2, 0.25) is 0 Å². The molecule has 2 amide bonds. The molecule has 3 unspecified atom stereocenters. The van der Waals surface area contributed by atoms with Crippen LogP contribution in [-0.4, -0.2) is 22.8 Å². The summed E-state index contributed by atoms with van der Waals surface area (Å²) in [6.07, 6.45) is 5.23. The van der Waals surface area contributed by atoms with Crippen LogP contribution in [0, 0.1) is 11.8 Å². The van der Waals surface area contributed by atoms with Crippen molar-refractivity contribution in [1.82, 2.24) is 4.90 Å². The van der Waals surface area contributed by atoms with Gasteiger partial charge >= 0.3 is 0 Å². The van der Waals surface area contributed by atoms with E-state index in [1.54, 1.807) is 4.90 Å². The number of carbonyl (C=O) groups is 2. The van der Waals surface area contributed by atoms with E-state index in [-0.39, 0.29) is 17.9 Å². The van der Waals surface area contributed by atoms with E-state index in [2.05, 4.69) is 26.0 Å². The monoisotopic (exact) mass is 333 g/mol. The molecule has 3 atom stereocenters. The number of hydrogen-bond donors (Lipinski definition) is 0. The highest BCUT2D eigenvalue weighted by atomic mass is 16.2. The summed E-state index contributed by atoms with van der Waals surface area (Å²) in [6.45, 7) is 4.44. The van der Waals surface area contributed by atoms with Crippen molar-refractivity contribution in [2.24, 2.45) is 11.8 Å². The molecular formula is C22H23NO2. The summed E-state index contributed by atoms with van der Waals surface area (Å²) in [7, 11) is 0. The summed E-state index contributed by atoms with van der Waals surface area (Å²) < 4.78 is 0. The highest BCUT2D eigenvalue weighted by molar-refractivity contribution is 6.26. The summed E-state index contributed by atoms with van der Waals surface area (Å²) in [6, 6.07) is 8.12. The molecule has 3 aliphatic rings. The minimum atomic E-state index is -0.0842. The Balaban J connectivity index is 1.69. The van der Waals surface area contributed by atoms with Crippen molar-refractivity contribution in [2.75, 3.05) is 0 Å². The number of imide groups is 1. The summed E-state index contributed by atoms with van der Waals surface area (Å²) in [5, 5.41) is 2.08. The minimum Gasteiger partial charge on any atom is -0.271 e. The Labute approximate surface area is 148 Å². The fraction of sp³-hybridized carbons (Fsp3) is 0.455. The summed E-state index contributed by atoms with van der Waals surface area (Å²) in [5.41, 5.74) is 4.01. The summed E-state index contributed by atoms with van der Waals surface area (Å²) in [4.78, 5) is 28.2. The predicted molar refractivity (Wildman–Crippen MR) is 97.8 cm³/mol. The van der Waals surface area contributed by atoms with Gasteiger partial charge in [-0.25, -0.2) is 0 Å². The van der Waals surface area contributed by atoms with Gasteiger partial charge in [0.15, 0.2) is 0 Å². The van der Waals surface area contributed by atoms with Crippen molar-refractivity contribution in [3.05, 3.63) is 46.5 Å². The van der Waals surface area contributed by atoms with Gasteiger partial charge in [0, 0.05) is 22.6 Å². The molecule has 1 fully saturated rings. The molecule has 2 aromatic rings. The van der Waals surface area contributed by atoms with Gasteiger partial charge in [-0.2, -0.15) is 0 Å². The van der Waals surface area contributed by atoms with E-state index in [0.29, 0.717) is 11.8 Å². The first-order valence-corrected chi connectivity index (χ1v) is 9.53. The van der Waals surface area contributed by atoms with Crippen molar-refractivity contribution < 1.29 is 9.59 Å². The first kappa shape index (κ1) is 15.1. The first-order chi connectivity index (χ1) is 12.1. The van der Waals surface area contributed by atoms with Gasteiger partial charge in [-0.1, -0.05) is 38.8 Å². The molecule has 2 aliphatic carbocycles. The average Bonchev–Trinajstić information content (AvgIpc) is 3.03. The molecule has 5 rings (SSSR count). The SMILES string of the molecule is CC1CCCC(N2C(=O)c3ccc4c5c(ccc(c35)C2=O)CC4)C1C. The van der Waals surface area contributed by atoms with Crippen LogP contribution in [0.15, 0.2) is 24.3 Å². The average molecular weight is 333 g/mol. The predicted octanol–water partition coefficient (Wildman–Crippen LogP) is 4.36. The van der Waals surface area contributed by atoms with Crippen LogP contribution < -0.4 is 0 Å². The van der Waals surface area contributed by atoms with Crippen LogP contribution in [0.4, 0.5) is 0 Å². The summed E-state index contributed by atoms with van der Waals surface area (Å²) in [5.74, 6) is 0.735. The third-order valence-corrected chi connectivity index (χ3v) is 6.89. The molecule has 1 heterocycles. The number of aryl methyl sites for hydroxylation is 2. The standard InChI is InChI=1S/C22H23NO2/c1-12-4-3-5-18(13(12)2)23-21(24)16-10-8-14-6-7-15-9-11-17(22(23)25)20(16)19(14)15/h8-13,18H,3-7H2,1-2H3. The minimum absolute atomic E-state index is 0.0245. The van der Waals surface area contributed by atoms with Crippen LogP contribution >= 0.6 is 0 Å². The molecule has 128 valence electrons. The van der Waals surface area contributed by atoms with Crippen LogP contribution in [-0.2, 0) is 12.8 Å². The zero-order chi connectivity index (χ0) is 17.3. The number of benzene rings is 2. The van der Waals surface area contributed by atoms with E-state index in [1.807, 2.05) is 12.1 Å². The van der Waals surface area contributed by atoms with Gasteiger partial charge in [0.1, 0.15) is 0 Å². The van der Waals surface area contributed by atoms with Crippen molar-refractivity contribution in [1.29, 1.82) is 0 Å². The van der Waals surface area contributed by atoms with Crippen LogP contribution in [0.3, 0.4) is 0 Å². The number of rotatable bonds is 1. The lowest BCUT2D eigenvalue weighted by atomic mass is 9.76. The van der Waals surface area contributed by atoms with Crippen molar-refractivity contribution in [2.45, 2.75) is 52.0 Å². The summed E-state index contributed by atoms with van der Waals surface area (Å²) >= 11 is 0. The van der Waals surface area contributed by atoms with E-state index < -0.39 is 0 Å². The molecule has 0 aromatic heterocycles. The van der Waals surface area contributed by atoms with Crippen LogP contribution in [0.5, 0.6) is 0 Å². The van der Waals surface area contributed by atoms with Crippen LogP contribution in [0.2, 0.25) is 0 Å². The fourth-order valence-electron chi connectivity index (χ4n) is 5.26. The number of amides is 2. The first-order valence-electron chi connectivity index (χ1n) is 9.53. The van der Waals surface area contributed by atoms with Crippen LogP contribution in [0.1, 0.15) is 65.0 Å². The van der Waals surface area contributed by atoms with Gasteiger partial charge in [-0.05, 0) is 59.7 Å². The maximum atomic E-state index is 13.3. The lowest BCUT2D eigenvalue weighted by Crippen LogP contribution is -2.52. The smallest absolute Gasteiger partial charge is 0.261 e. The maximum absolute atomic E-state index is 13.3. The van der Waals surface area contributed by atoms with Crippen molar-refractivity contribution in [3.63, 3.8) is 0 Å². The Morgan fingerprint density at radius 3 is 2.04 bits per heavy atom. The van der Waals surface area contributed by atoms with E-state index in [9.17, 15) is 9.59 Å². The molecular weight excluding hydrogens is 310 g/mol. The number of nitrogens with zero attached hydrogens (tertiary/aromatic N) is 1. The number of carbonyl (C=O) groups excluding carboxylic acids is 2. The molecule has 1 saturated carbocycles. The molecule has 25 heavy (non-hydrogen) atoms. The Morgan fingerprint density at radius 1 is 0.840 bits per heavy atom. The highest BCUT2D eigenvalue weighted by Gasteiger charge is 2.42. The van der Waals surface area contributed by atoms with Crippen LogP contribution in [0.25, 0.3) is 10.8 Å². The molecule has 2 aromatic carbocycles. The highest BCUT2D eigenvalue weighted by Crippen LogP contribution is 2.41. The van der Waals surface area contributed by atoms with Crippen molar-refractivity contribution >= 4 is 22.6 Å². The van der Waals surface area contributed by atoms with Gasteiger partial charge < -0.3 is 0 Å². The van der Waals surface area contributed by atoms with Gasteiger partial charge in [-0.15, -0.1) is 0 Å². The Hall–Kier alpha value is -2.16. The zero-order valence-electron chi connectivity index (χ0n) is 14.8. The molecule has 0 N–H and O–H groups in total. The second-order valence-electron chi connectivity index (χ2n) is 8.11.